The van der Waals surface area contributed by atoms with Crippen molar-refractivity contribution in [1.29, 1.82) is 0 Å². The van der Waals surface area contributed by atoms with Gasteiger partial charge in [-0.3, -0.25) is 14.2 Å². The molecule has 0 spiro atoms. The molecule has 0 unspecified atom stereocenters. The number of anilines is 1. The molecule has 2 fully saturated rings. The Balaban J connectivity index is 1.24. The number of carbonyl (C=O) groups is 1. The monoisotopic (exact) mass is 495 g/mol. The maximum atomic E-state index is 13.0. The van der Waals surface area contributed by atoms with Gasteiger partial charge in [0.15, 0.2) is 0 Å². The molecule has 0 radical (unpaired) electrons. The molecular formula is C25H29N5O4S. The van der Waals surface area contributed by atoms with Gasteiger partial charge < -0.3 is 5.32 Å². The van der Waals surface area contributed by atoms with Gasteiger partial charge in [-0.1, -0.05) is 12.1 Å². The fraction of sp³-hybridized carbons (Fsp3) is 0.400. The maximum Gasteiger partial charge on any atom is 0.281 e. The van der Waals surface area contributed by atoms with Gasteiger partial charge in [-0.2, -0.15) is 17.0 Å². The summed E-state index contributed by atoms with van der Waals surface area (Å²) in [6, 6.07) is 14.3. The van der Waals surface area contributed by atoms with Crippen molar-refractivity contribution in [3.05, 3.63) is 64.7 Å². The van der Waals surface area contributed by atoms with Gasteiger partial charge in [0.05, 0.1) is 16.6 Å². The van der Waals surface area contributed by atoms with E-state index in [0.29, 0.717) is 67.1 Å². The first-order chi connectivity index (χ1) is 16.8. The predicted octanol–water partition coefficient (Wildman–Crippen LogP) is 2.69. The number of rotatable bonds is 5. The fourth-order valence-corrected chi connectivity index (χ4v) is 6.64. The van der Waals surface area contributed by atoms with E-state index >= 15 is 0 Å². The van der Waals surface area contributed by atoms with E-state index in [1.165, 1.54) is 4.31 Å². The number of hydrogen-bond acceptors (Lipinski definition) is 5. The van der Waals surface area contributed by atoms with E-state index in [2.05, 4.69) is 10.3 Å². The number of para-hydroxylation sites is 1. The van der Waals surface area contributed by atoms with Gasteiger partial charge in [0, 0.05) is 37.8 Å². The summed E-state index contributed by atoms with van der Waals surface area (Å²) in [7, 11) is -3.42. The van der Waals surface area contributed by atoms with Crippen LogP contribution in [0.15, 0.2) is 53.3 Å². The van der Waals surface area contributed by atoms with Crippen LogP contribution in [0.1, 0.15) is 31.5 Å². The normalized spacial score (nSPS) is 18.2. The molecule has 3 heterocycles. The average Bonchev–Trinajstić information content (AvgIpc) is 3.41. The van der Waals surface area contributed by atoms with Crippen LogP contribution in [0.4, 0.5) is 5.69 Å². The van der Waals surface area contributed by atoms with Crippen molar-refractivity contribution in [1.82, 2.24) is 18.2 Å². The average molecular weight is 496 g/mol. The van der Waals surface area contributed by atoms with Crippen LogP contribution in [0.25, 0.3) is 16.6 Å². The van der Waals surface area contributed by atoms with Crippen molar-refractivity contribution in [3.8, 4) is 5.69 Å². The molecule has 9 nitrogen and oxygen atoms in total. The van der Waals surface area contributed by atoms with Crippen LogP contribution in [0.3, 0.4) is 0 Å². The van der Waals surface area contributed by atoms with Crippen LogP contribution in [0.5, 0.6) is 0 Å². The van der Waals surface area contributed by atoms with E-state index in [9.17, 15) is 18.0 Å². The molecule has 10 heteroatoms. The second-order valence-electron chi connectivity index (χ2n) is 9.14. The molecule has 1 aromatic heterocycles. The van der Waals surface area contributed by atoms with Crippen LogP contribution in [-0.4, -0.2) is 58.7 Å². The minimum absolute atomic E-state index is 0.114. The summed E-state index contributed by atoms with van der Waals surface area (Å²) >= 11 is 0. The largest absolute Gasteiger partial charge is 0.326 e. The molecular weight excluding hydrogens is 466 g/mol. The van der Waals surface area contributed by atoms with Gasteiger partial charge in [-0.05, 0) is 69.0 Å². The fourth-order valence-electron chi connectivity index (χ4n) is 4.92. The number of nitrogens with one attached hydrogen (secondary N) is 1. The number of fused-ring (bicyclic) bond motifs is 1. The van der Waals surface area contributed by atoms with Crippen LogP contribution < -0.4 is 10.9 Å². The van der Waals surface area contributed by atoms with E-state index < -0.39 is 10.2 Å². The number of carbonyl (C=O) groups excluding carboxylic acids is 1. The third-order valence-electron chi connectivity index (χ3n) is 6.88. The molecule has 2 aliphatic rings. The lowest BCUT2D eigenvalue weighted by atomic mass is 9.97. The van der Waals surface area contributed by atoms with Gasteiger partial charge in [-0.25, -0.2) is 4.98 Å². The smallest absolute Gasteiger partial charge is 0.281 e. The minimum atomic E-state index is -3.42. The Hall–Kier alpha value is -3.08. The van der Waals surface area contributed by atoms with Crippen molar-refractivity contribution in [2.24, 2.45) is 5.92 Å². The molecule has 1 N–H and O–H groups in total. The van der Waals surface area contributed by atoms with Gasteiger partial charge in [-0.15, -0.1) is 0 Å². The Kier molecular flexibility index (Phi) is 6.43. The number of hydrogen-bond donors (Lipinski definition) is 1. The van der Waals surface area contributed by atoms with Crippen molar-refractivity contribution in [2.45, 2.75) is 32.6 Å². The summed E-state index contributed by atoms with van der Waals surface area (Å²) in [6.07, 6.45) is 2.80. The first-order valence-corrected chi connectivity index (χ1v) is 13.4. The molecule has 2 aliphatic heterocycles. The number of nitrogens with zero attached hydrogens (tertiary/aromatic N) is 4. The second kappa shape index (κ2) is 9.52. The lowest BCUT2D eigenvalue weighted by Crippen LogP contribution is -2.47. The van der Waals surface area contributed by atoms with E-state index in [1.807, 2.05) is 18.2 Å². The number of amides is 1. The molecule has 2 saturated heterocycles. The molecule has 184 valence electrons. The van der Waals surface area contributed by atoms with Gasteiger partial charge >= 0.3 is 0 Å². The van der Waals surface area contributed by atoms with Crippen LogP contribution in [-0.2, 0) is 15.0 Å². The van der Waals surface area contributed by atoms with E-state index in [1.54, 1.807) is 46.1 Å². The Morgan fingerprint density at radius 2 is 1.57 bits per heavy atom. The van der Waals surface area contributed by atoms with E-state index in [-0.39, 0.29) is 17.4 Å². The first-order valence-electron chi connectivity index (χ1n) is 12.0. The lowest BCUT2D eigenvalue weighted by molar-refractivity contribution is -0.120. The highest BCUT2D eigenvalue weighted by atomic mass is 32.2. The van der Waals surface area contributed by atoms with Crippen molar-refractivity contribution >= 4 is 32.7 Å². The second-order valence-corrected chi connectivity index (χ2v) is 11.1. The highest BCUT2D eigenvalue weighted by Crippen LogP contribution is 2.25. The van der Waals surface area contributed by atoms with Gasteiger partial charge in [0.1, 0.15) is 5.82 Å². The highest BCUT2D eigenvalue weighted by molar-refractivity contribution is 7.86. The summed E-state index contributed by atoms with van der Waals surface area (Å²) in [5, 5.41) is 3.49. The summed E-state index contributed by atoms with van der Waals surface area (Å²) in [5.41, 5.74) is 1.82. The summed E-state index contributed by atoms with van der Waals surface area (Å²) in [4.78, 5) is 30.4. The van der Waals surface area contributed by atoms with Crippen molar-refractivity contribution in [2.75, 3.05) is 31.5 Å². The van der Waals surface area contributed by atoms with Crippen molar-refractivity contribution in [3.63, 3.8) is 0 Å². The third-order valence-corrected chi connectivity index (χ3v) is 8.91. The Bertz CT molecular complexity index is 1400. The zero-order chi connectivity index (χ0) is 24.6. The zero-order valence-electron chi connectivity index (χ0n) is 19.7. The molecule has 5 rings (SSSR count). The topological polar surface area (TPSA) is 105 Å². The number of aromatic nitrogens is 2. The number of benzene rings is 2. The van der Waals surface area contributed by atoms with Crippen LogP contribution in [0, 0.1) is 12.8 Å². The Labute approximate surface area is 204 Å². The van der Waals surface area contributed by atoms with Crippen molar-refractivity contribution < 1.29 is 13.2 Å². The standard InChI is InChI=1S/C25H29N5O4S/c1-18-26-23-7-3-2-6-22(23)25(32)30(18)21-10-8-20(9-11-21)27-24(31)19-12-16-29(17-13-19)35(33,34)28-14-4-5-15-28/h2-3,6-11,19H,4-5,12-17H2,1H3,(H,27,31). The van der Waals surface area contributed by atoms with Crippen LogP contribution in [0.2, 0.25) is 0 Å². The highest BCUT2D eigenvalue weighted by Gasteiger charge is 2.35. The quantitative estimate of drug-likeness (QED) is 0.586. The Morgan fingerprint density at radius 1 is 0.943 bits per heavy atom. The van der Waals surface area contributed by atoms with E-state index in [4.69, 9.17) is 0 Å². The molecule has 0 saturated carbocycles. The number of aryl methyl sites for hydroxylation is 1. The lowest BCUT2D eigenvalue weighted by Gasteiger charge is -2.33. The summed E-state index contributed by atoms with van der Waals surface area (Å²) < 4.78 is 30.1. The molecule has 0 aliphatic carbocycles. The SMILES string of the molecule is Cc1nc2ccccc2c(=O)n1-c1ccc(NC(=O)C2CCN(S(=O)(=O)N3CCCC3)CC2)cc1. The molecule has 0 bridgehead atoms. The van der Waals surface area contributed by atoms with E-state index in [0.717, 1.165) is 12.8 Å². The minimum Gasteiger partial charge on any atom is -0.326 e. The van der Waals surface area contributed by atoms with Gasteiger partial charge in [0.25, 0.3) is 15.8 Å². The first kappa shape index (κ1) is 23.7. The molecule has 0 atom stereocenters. The molecule has 3 aromatic rings. The third kappa shape index (κ3) is 4.61. The zero-order valence-corrected chi connectivity index (χ0v) is 20.5. The molecule has 1 amide bonds. The number of piperidine rings is 1. The Morgan fingerprint density at radius 3 is 2.26 bits per heavy atom. The summed E-state index contributed by atoms with van der Waals surface area (Å²) in [6.45, 7) is 3.67. The van der Waals surface area contributed by atoms with Crippen LogP contribution >= 0.6 is 0 Å². The molecule has 35 heavy (non-hydrogen) atoms. The van der Waals surface area contributed by atoms with Gasteiger partial charge in [0.2, 0.25) is 5.91 Å². The predicted molar refractivity (Wildman–Crippen MR) is 135 cm³/mol. The maximum absolute atomic E-state index is 13.0. The molecule has 2 aromatic carbocycles. The summed E-state index contributed by atoms with van der Waals surface area (Å²) in [5.74, 6) is 0.229.